The van der Waals surface area contributed by atoms with Crippen molar-refractivity contribution >= 4 is 34.3 Å². The minimum Gasteiger partial charge on any atom is -0.391 e. The van der Waals surface area contributed by atoms with Crippen molar-refractivity contribution in [1.82, 2.24) is 0 Å². The van der Waals surface area contributed by atoms with Gasteiger partial charge in [0.25, 0.3) is 0 Å². The first-order chi connectivity index (χ1) is 6.35. The van der Waals surface area contributed by atoms with Gasteiger partial charge in [0.15, 0.2) is 0 Å². The molecule has 0 aliphatic carbocycles. The number of hydrogen-bond donors (Lipinski definition) is 2. The first-order valence-electron chi connectivity index (χ1n) is 4.34. The van der Waals surface area contributed by atoms with Crippen LogP contribution in [0, 0.1) is 0 Å². The molecule has 2 N–H and O–H groups in total. The highest BCUT2D eigenvalue weighted by molar-refractivity contribution is 8.01. The van der Waals surface area contributed by atoms with Crippen LogP contribution < -0.4 is 0 Å². The van der Waals surface area contributed by atoms with Crippen LogP contribution >= 0.6 is 23.4 Å². The Morgan fingerprint density at radius 1 is 1.00 bits per heavy atom. The summed E-state index contributed by atoms with van der Waals surface area (Å²) in [6, 6.07) is 0. The van der Waals surface area contributed by atoms with E-state index in [4.69, 9.17) is 21.8 Å². The van der Waals surface area contributed by atoms with Gasteiger partial charge in [0.05, 0.1) is 13.2 Å². The monoisotopic (exact) mass is 245 g/mol. The average molecular weight is 246 g/mol. The third-order valence-electron chi connectivity index (χ3n) is 1.50. The van der Waals surface area contributed by atoms with E-state index >= 15 is 0 Å². The summed E-state index contributed by atoms with van der Waals surface area (Å²) >= 11 is 7.39. The van der Waals surface area contributed by atoms with Gasteiger partial charge >= 0.3 is 0 Å². The Balaban J connectivity index is 3.33. The van der Waals surface area contributed by atoms with Gasteiger partial charge in [-0.2, -0.15) is 11.8 Å². The van der Waals surface area contributed by atoms with Crippen molar-refractivity contribution in [2.45, 2.75) is 0 Å². The molecule has 80 valence electrons. The lowest BCUT2D eigenvalue weighted by molar-refractivity contribution is 0.316. The summed E-state index contributed by atoms with van der Waals surface area (Å²) in [5.74, 6) is 5.57. The van der Waals surface area contributed by atoms with Crippen molar-refractivity contribution < 1.29 is 10.2 Å². The zero-order valence-electron chi connectivity index (χ0n) is 7.75. The standard InChI is InChI=1S/C8H18ClO2S2/c9-1-4-12-5-8-13(6-2-10)7-3-11/h10-11H,1-8H2/q+1. The quantitative estimate of drug-likeness (QED) is 0.354. The van der Waals surface area contributed by atoms with Crippen LogP contribution in [0.25, 0.3) is 0 Å². The molecule has 5 heteroatoms. The maximum absolute atomic E-state index is 8.76. The van der Waals surface area contributed by atoms with E-state index < -0.39 is 0 Å². The smallest absolute Gasteiger partial charge is 0.131 e. The molecule has 0 aliphatic heterocycles. The second-order valence-corrected chi connectivity index (χ2v) is 6.53. The Labute approximate surface area is 92.4 Å². The Morgan fingerprint density at radius 3 is 2.08 bits per heavy atom. The molecule has 0 aromatic heterocycles. The van der Waals surface area contributed by atoms with Gasteiger partial charge in [-0.1, -0.05) is 0 Å². The normalized spacial score (nSPS) is 11.1. The van der Waals surface area contributed by atoms with Gasteiger partial charge in [0, 0.05) is 17.4 Å². The van der Waals surface area contributed by atoms with E-state index in [0.717, 1.165) is 28.8 Å². The van der Waals surface area contributed by atoms with E-state index in [9.17, 15) is 0 Å². The van der Waals surface area contributed by atoms with Gasteiger partial charge in [-0.15, -0.1) is 11.6 Å². The maximum Gasteiger partial charge on any atom is 0.131 e. The summed E-state index contributed by atoms with van der Waals surface area (Å²) in [4.78, 5) is 0. The van der Waals surface area contributed by atoms with Crippen molar-refractivity contribution in [3.05, 3.63) is 0 Å². The van der Waals surface area contributed by atoms with Gasteiger partial charge in [-0.3, -0.25) is 0 Å². The Kier molecular flexibility index (Phi) is 11.8. The van der Waals surface area contributed by atoms with Crippen LogP contribution in [0.5, 0.6) is 0 Å². The lowest BCUT2D eigenvalue weighted by Gasteiger charge is -2.05. The number of thioether (sulfide) groups is 1. The molecule has 0 aliphatic rings. The van der Waals surface area contributed by atoms with Gasteiger partial charge in [-0.25, -0.2) is 0 Å². The molecule has 0 unspecified atom stereocenters. The summed E-state index contributed by atoms with van der Waals surface area (Å²) in [7, 11) is 0.208. The predicted octanol–water partition coefficient (Wildman–Crippen LogP) is 0.561. The van der Waals surface area contributed by atoms with Gasteiger partial charge in [0.2, 0.25) is 0 Å². The van der Waals surface area contributed by atoms with Gasteiger partial charge in [-0.05, 0) is 10.9 Å². The van der Waals surface area contributed by atoms with Crippen LogP contribution in [0.3, 0.4) is 0 Å². The molecule has 0 fully saturated rings. The Morgan fingerprint density at radius 2 is 1.62 bits per heavy atom. The molecule has 0 radical (unpaired) electrons. The number of aliphatic hydroxyl groups excluding tert-OH is 2. The molecule has 0 saturated carbocycles. The number of halogens is 1. The second kappa shape index (κ2) is 11.0. The minimum atomic E-state index is 0.208. The van der Waals surface area contributed by atoms with E-state index in [-0.39, 0.29) is 24.1 Å². The molecule has 0 heterocycles. The average Bonchev–Trinajstić information content (AvgIpc) is 2.13. The Bertz CT molecular complexity index is 100. The van der Waals surface area contributed by atoms with E-state index in [1.54, 1.807) is 0 Å². The molecule has 0 atom stereocenters. The van der Waals surface area contributed by atoms with Crippen molar-refractivity contribution in [3.8, 4) is 0 Å². The molecule has 2 nitrogen and oxygen atoms in total. The summed E-state index contributed by atoms with van der Waals surface area (Å²) < 4.78 is 0. The predicted molar refractivity (Wildman–Crippen MR) is 64.2 cm³/mol. The van der Waals surface area contributed by atoms with Gasteiger partial charge in [0.1, 0.15) is 17.3 Å². The third kappa shape index (κ3) is 9.22. The highest BCUT2D eigenvalue weighted by Gasteiger charge is 2.15. The summed E-state index contributed by atoms with van der Waals surface area (Å²) in [5.41, 5.74) is 0. The molecule has 0 spiro atoms. The summed E-state index contributed by atoms with van der Waals surface area (Å²) in [5, 5.41) is 17.5. The fourth-order valence-corrected chi connectivity index (χ4v) is 4.08. The lowest BCUT2D eigenvalue weighted by Crippen LogP contribution is -2.22. The van der Waals surface area contributed by atoms with E-state index in [1.807, 2.05) is 11.8 Å². The van der Waals surface area contributed by atoms with E-state index in [2.05, 4.69) is 0 Å². The molecule has 0 rings (SSSR count). The topological polar surface area (TPSA) is 40.5 Å². The fraction of sp³-hybridized carbons (Fsp3) is 1.00. The highest BCUT2D eigenvalue weighted by atomic mass is 35.5. The molecule has 0 aromatic carbocycles. The molecule has 13 heavy (non-hydrogen) atoms. The molecule has 0 saturated heterocycles. The van der Waals surface area contributed by atoms with E-state index in [1.165, 1.54) is 0 Å². The van der Waals surface area contributed by atoms with Crippen LogP contribution in [0.2, 0.25) is 0 Å². The van der Waals surface area contributed by atoms with E-state index in [0.29, 0.717) is 5.88 Å². The van der Waals surface area contributed by atoms with Gasteiger partial charge < -0.3 is 10.2 Å². The largest absolute Gasteiger partial charge is 0.391 e. The van der Waals surface area contributed by atoms with Crippen molar-refractivity contribution in [1.29, 1.82) is 0 Å². The summed E-state index contributed by atoms with van der Waals surface area (Å²) in [6.07, 6.45) is 0. The molecule has 0 bridgehead atoms. The number of hydrogen-bond acceptors (Lipinski definition) is 3. The molecular weight excluding hydrogens is 228 g/mol. The first-order valence-corrected chi connectivity index (χ1v) is 7.76. The highest BCUT2D eigenvalue weighted by Crippen LogP contribution is 2.05. The van der Waals surface area contributed by atoms with Crippen molar-refractivity contribution in [3.63, 3.8) is 0 Å². The molecule has 0 amide bonds. The molecule has 0 aromatic rings. The number of rotatable bonds is 9. The van der Waals surface area contributed by atoms with Crippen LogP contribution in [0.1, 0.15) is 0 Å². The summed E-state index contributed by atoms with van der Waals surface area (Å²) in [6.45, 7) is 0.479. The second-order valence-electron chi connectivity index (χ2n) is 2.47. The van der Waals surface area contributed by atoms with Crippen molar-refractivity contribution in [2.75, 3.05) is 47.9 Å². The lowest BCUT2D eigenvalue weighted by atomic mass is 10.9. The van der Waals surface area contributed by atoms with Crippen molar-refractivity contribution in [2.24, 2.45) is 0 Å². The van der Waals surface area contributed by atoms with Crippen LogP contribution in [-0.2, 0) is 10.9 Å². The number of alkyl halides is 1. The van der Waals surface area contributed by atoms with Crippen LogP contribution in [0.15, 0.2) is 0 Å². The zero-order valence-corrected chi connectivity index (χ0v) is 10.1. The third-order valence-corrected chi connectivity index (χ3v) is 5.46. The SMILES string of the molecule is OCC[S+](CCO)CCSCCCl. The minimum absolute atomic E-state index is 0.208. The first kappa shape index (κ1) is 13.9. The van der Waals surface area contributed by atoms with Crippen LogP contribution in [0.4, 0.5) is 0 Å². The number of aliphatic hydroxyl groups is 2. The fourth-order valence-electron chi connectivity index (χ4n) is 0.898. The zero-order chi connectivity index (χ0) is 9.94. The molecular formula is C8H18ClO2S2+. The Hall–Kier alpha value is 0.910. The maximum atomic E-state index is 8.76. The van der Waals surface area contributed by atoms with Crippen LogP contribution in [-0.4, -0.2) is 58.1 Å².